The summed E-state index contributed by atoms with van der Waals surface area (Å²) in [4.78, 5) is 19.6. The summed E-state index contributed by atoms with van der Waals surface area (Å²) in [5.41, 5.74) is 0.664. The summed E-state index contributed by atoms with van der Waals surface area (Å²) in [5.74, 6) is 0.428. The van der Waals surface area contributed by atoms with Gasteiger partial charge in [-0.3, -0.25) is 9.78 Å². The van der Waals surface area contributed by atoms with E-state index in [9.17, 15) is 4.79 Å². The second-order valence-electron chi connectivity index (χ2n) is 3.87. The predicted molar refractivity (Wildman–Crippen MR) is 70.9 cm³/mol. The molecule has 0 aliphatic rings. The van der Waals surface area contributed by atoms with Gasteiger partial charge in [-0.2, -0.15) is 0 Å². The van der Waals surface area contributed by atoms with Gasteiger partial charge in [-0.1, -0.05) is 18.2 Å². The molecule has 0 atom stereocenters. The van der Waals surface area contributed by atoms with Crippen molar-refractivity contribution in [3.05, 3.63) is 54.5 Å². The highest BCUT2D eigenvalue weighted by Gasteiger charge is 2.02. The molecule has 0 bridgehead atoms. The van der Waals surface area contributed by atoms with Gasteiger partial charge in [0, 0.05) is 24.5 Å². The summed E-state index contributed by atoms with van der Waals surface area (Å²) in [5, 5.41) is 2.83. The van der Waals surface area contributed by atoms with Crippen molar-refractivity contribution in [3.8, 4) is 5.88 Å². The number of carbonyl (C=O) groups is 1. The molecule has 1 N–H and O–H groups in total. The molecule has 0 radical (unpaired) electrons. The lowest BCUT2D eigenvalue weighted by Gasteiger charge is -2.06. The number of rotatable bonds is 6. The van der Waals surface area contributed by atoms with E-state index in [1.807, 2.05) is 18.2 Å². The summed E-state index contributed by atoms with van der Waals surface area (Å²) in [6, 6.07) is 9.13. The fourth-order valence-corrected chi connectivity index (χ4v) is 1.50. The van der Waals surface area contributed by atoms with E-state index in [0.717, 1.165) is 6.42 Å². The third-order valence-corrected chi connectivity index (χ3v) is 2.43. The van der Waals surface area contributed by atoms with E-state index in [-0.39, 0.29) is 5.91 Å². The van der Waals surface area contributed by atoms with Crippen molar-refractivity contribution in [2.24, 2.45) is 0 Å². The third kappa shape index (κ3) is 4.39. The number of nitrogens with zero attached hydrogens (tertiary/aromatic N) is 2. The Hall–Kier alpha value is -2.43. The molecule has 0 saturated carbocycles. The predicted octanol–water partition coefficient (Wildman–Crippen LogP) is 1.68. The minimum absolute atomic E-state index is 0.0693. The van der Waals surface area contributed by atoms with E-state index in [1.54, 1.807) is 30.7 Å². The topological polar surface area (TPSA) is 64.1 Å². The van der Waals surface area contributed by atoms with Crippen LogP contribution in [0.5, 0.6) is 5.88 Å². The SMILES string of the molecule is O=C(NCCCOc1cnccn1)c1ccccc1. The molecule has 2 aromatic rings. The summed E-state index contributed by atoms with van der Waals surface area (Å²) < 4.78 is 5.37. The van der Waals surface area contributed by atoms with E-state index in [1.165, 1.54) is 0 Å². The Morgan fingerprint density at radius 3 is 2.79 bits per heavy atom. The van der Waals surface area contributed by atoms with Gasteiger partial charge in [-0.15, -0.1) is 0 Å². The van der Waals surface area contributed by atoms with Crippen LogP contribution in [0.2, 0.25) is 0 Å². The molecule has 1 aromatic heterocycles. The Balaban J connectivity index is 1.63. The van der Waals surface area contributed by atoms with E-state index in [0.29, 0.717) is 24.6 Å². The molecule has 0 fully saturated rings. The Labute approximate surface area is 111 Å². The summed E-state index contributed by atoms with van der Waals surface area (Å²) in [7, 11) is 0. The van der Waals surface area contributed by atoms with Crippen LogP contribution in [-0.2, 0) is 0 Å². The van der Waals surface area contributed by atoms with Crippen LogP contribution in [0.4, 0.5) is 0 Å². The van der Waals surface area contributed by atoms with Crippen molar-refractivity contribution < 1.29 is 9.53 Å². The number of benzene rings is 1. The van der Waals surface area contributed by atoms with Crippen LogP contribution in [0.3, 0.4) is 0 Å². The van der Waals surface area contributed by atoms with Crippen LogP contribution in [0.15, 0.2) is 48.9 Å². The largest absolute Gasteiger partial charge is 0.477 e. The molecule has 98 valence electrons. The third-order valence-electron chi connectivity index (χ3n) is 2.43. The van der Waals surface area contributed by atoms with E-state index >= 15 is 0 Å². The molecule has 0 aliphatic carbocycles. The minimum Gasteiger partial charge on any atom is -0.477 e. The van der Waals surface area contributed by atoms with Gasteiger partial charge >= 0.3 is 0 Å². The van der Waals surface area contributed by atoms with Gasteiger partial charge in [0.1, 0.15) is 0 Å². The normalized spacial score (nSPS) is 9.89. The maximum atomic E-state index is 11.7. The first-order chi connectivity index (χ1) is 9.36. The zero-order valence-electron chi connectivity index (χ0n) is 10.5. The van der Waals surface area contributed by atoms with Crippen molar-refractivity contribution in [1.82, 2.24) is 15.3 Å². The Kier molecular flexibility index (Phi) is 4.87. The van der Waals surface area contributed by atoms with Gasteiger partial charge in [0.25, 0.3) is 5.91 Å². The Morgan fingerprint density at radius 2 is 2.05 bits per heavy atom. The van der Waals surface area contributed by atoms with Crippen molar-refractivity contribution in [2.45, 2.75) is 6.42 Å². The molecule has 19 heavy (non-hydrogen) atoms. The van der Waals surface area contributed by atoms with Gasteiger partial charge in [0.05, 0.1) is 12.8 Å². The maximum absolute atomic E-state index is 11.7. The maximum Gasteiger partial charge on any atom is 0.251 e. The van der Waals surface area contributed by atoms with Crippen LogP contribution < -0.4 is 10.1 Å². The minimum atomic E-state index is -0.0693. The van der Waals surface area contributed by atoms with E-state index in [2.05, 4.69) is 15.3 Å². The molecule has 2 rings (SSSR count). The van der Waals surface area contributed by atoms with Gasteiger partial charge in [0.15, 0.2) is 0 Å². The first-order valence-electron chi connectivity index (χ1n) is 6.08. The highest BCUT2D eigenvalue weighted by atomic mass is 16.5. The molecule has 1 heterocycles. The van der Waals surface area contributed by atoms with Gasteiger partial charge in [-0.05, 0) is 18.6 Å². The highest BCUT2D eigenvalue weighted by Crippen LogP contribution is 2.01. The molecule has 0 aliphatic heterocycles. The van der Waals surface area contributed by atoms with Crippen molar-refractivity contribution in [3.63, 3.8) is 0 Å². The van der Waals surface area contributed by atoms with Gasteiger partial charge in [-0.25, -0.2) is 4.98 Å². The number of carbonyl (C=O) groups excluding carboxylic acids is 1. The lowest BCUT2D eigenvalue weighted by molar-refractivity contribution is 0.0951. The van der Waals surface area contributed by atoms with Crippen LogP contribution in [0.1, 0.15) is 16.8 Å². The summed E-state index contributed by atoms with van der Waals surface area (Å²) >= 11 is 0. The van der Waals surface area contributed by atoms with Crippen LogP contribution in [0, 0.1) is 0 Å². The molecule has 1 amide bonds. The summed E-state index contributed by atoms with van der Waals surface area (Å²) in [6.45, 7) is 1.06. The average molecular weight is 257 g/mol. The molecule has 5 heteroatoms. The molecular weight excluding hydrogens is 242 g/mol. The van der Waals surface area contributed by atoms with Gasteiger partial charge in [0.2, 0.25) is 5.88 Å². The zero-order valence-corrected chi connectivity index (χ0v) is 10.5. The van der Waals surface area contributed by atoms with Crippen molar-refractivity contribution >= 4 is 5.91 Å². The number of amides is 1. The lowest BCUT2D eigenvalue weighted by atomic mass is 10.2. The van der Waals surface area contributed by atoms with Crippen LogP contribution in [-0.4, -0.2) is 29.0 Å². The first kappa shape index (κ1) is 13.0. The first-order valence-corrected chi connectivity index (χ1v) is 6.08. The number of hydrogen-bond donors (Lipinski definition) is 1. The van der Waals surface area contributed by atoms with Crippen LogP contribution in [0.25, 0.3) is 0 Å². The smallest absolute Gasteiger partial charge is 0.251 e. The standard InChI is InChI=1S/C14H15N3O2/c18-14(12-5-2-1-3-6-12)17-7-4-10-19-13-11-15-8-9-16-13/h1-3,5-6,8-9,11H,4,7,10H2,(H,17,18). The molecule has 0 unspecified atom stereocenters. The fourth-order valence-electron chi connectivity index (χ4n) is 1.50. The number of hydrogen-bond acceptors (Lipinski definition) is 4. The Morgan fingerprint density at radius 1 is 1.21 bits per heavy atom. The molecular formula is C14H15N3O2. The number of nitrogens with one attached hydrogen (secondary N) is 1. The lowest BCUT2D eigenvalue weighted by Crippen LogP contribution is -2.25. The quantitative estimate of drug-likeness (QED) is 0.800. The van der Waals surface area contributed by atoms with Crippen molar-refractivity contribution in [2.75, 3.05) is 13.2 Å². The molecule has 0 spiro atoms. The second kappa shape index (κ2) is 7.10. The van der Waals surface area contributed by atoms with Crippen LogP contribution >= 0.6 is 0 Å². The zero-order chi connectivity index (χ0) is 13.3. The van der Waals surface area contributed by atoms with E-state index < -0.39 is 0 Å². The van der Waals surface area contributed by atoms with E-state index in [4.69, 9.17) is 4.74 Å². The summed E-state index contributed by atoms with van der Waals surface area (Å²) in [6.07, 6.45) is 5.44. The molecule has 0 saturated heterocycles. The number of ether oxygens (including phenoxy) is 1. The fraction of sp³-hybridized carbons (Fsp3) is 0.214. The average Bonchev–Trinajstić information content (AvgIpc) is 2.49. The Bertz CT molecular complexity index is 503. The molecule has 1 aromatic carbocycles. The highest BCUT2D eigenvalue weighted by molar-refractivity contribution is 5.94. The van der Waals surface area contributed by atoms with Crippen molar-refractivity contribution in [1.29, 1.82) is 0 Å². The van der Waals surface area contributed by atoms with Gasteiger partial charge < -0.3 is 10.1 Å². The number of aromatic nitrogens is 2. The monoisotopic (exact) mass is 257 g/mol. The molecule has 5 nitrogen and oxygen atoms in total. The second-order valence-corrected chi connectivity index (χ2v) is 3.87.